The smallest absolute Gasteiger partial charge is 0.261 e. The fraction of sp³-hybridized carbons (Fsp3) is 0.250. The van der Waals surface area contributed by atoms with Gasteiger partial charge in [-0.05, 0) is 19.1 Å². The van der Waals surface area contributed by atoms with Crippen molar-refractivity contribution in [1.82, 2.24) is 4.98 Å². The Balaban J connectivity index is 2.12. The zero-order chi connectivity index (χ0) is 15.6. The number of ether oxygens (including phenoxy) is 1. The Bertz CT molecular complexity index is 736. The lowest BCUT2D eigenvalue weighted by Crippen LogP contribution is -2.03. The molecule has 4 nitrogen and oxygen atoms in total. The van der Waals surface area contributed by atoms with Gasteiger partial charge < -0.3 is 4.74 Å². The van der Waals surface area contributed by atoms with E-state index in [1.807, 2.05) is 6.92 Å². The molecular formula is C12H10Cl3NO3S2. The van der Waals surface area contributed by atoms with E-state index in [2.05, 4.69) is 4.98 Å². The molecule has 1 aromatic carbocycles. The Morgan fingerprint density at radius 1 is 1.29 bits per heavy atom. The van der Waals surface area contributed by atoms with Crippen LogP contribution in [0.25, 0.3) is 0 Å². The molecular weight excluding hydrogens is 377 g/mol. The van der Waals surface area contributed by atoms with Crippen molar-refractivity contribution in [2.45, 2.75) is 18.2 Å². The third kappa shape index (κ3) is 4.23. The Kier molecular flexibility index (Phi) is 5.38. The highest BCUT2D eigenvalue weighted by atomic mass is 35.7. The Morgan fingerprint density at radius 2 is 1.90 bits per heavy atom. The highest BCUT2D eigenvalue weighted by molar-refractivity contribution is 8.13. The van der Waals surface area contributed by atoms with Crippen LogP contribution in [0.4, 0.5) is 0 Å². The first-order valence-corrected chi connectivity index (χ1v) is 9.69. The van der Waals surface area contributed by atoms with Gasteiger partial charge in [-0.3, -0.25) is 0 Å². The van der Waals surface area contributed by atoms with Crippen LogP contribution in [-0.4, -0.2) is 20.0 Å². The molecule has 114 valence electrons. The SMILES string of the molecule is Cc1ncsc1CCOc1c(Cl)cc(S(=O)(=O)Cl)cc1Cl. The maximum atomic E-state index is 11.3. The average molecular weight is 387 g/mol. The summed E-state index contributed by atoms with van der Waals surface area (Å²) >= 11 is 13.5. The minimum Gasteiger partial charge on any atom is -0.490 e. The van der Waals surface area contributed by atoms with Gasteiger partial charge >= 0.3 is 0 Å². The number of aromatic nitrogens is 1. The zero-order valence-electron chi connectivity index (χ0n) is 10.8. The monoisotopic (exact) mass is 385 g/mol. The van der Waals surface area contributed by atoms with Crippen molar-refractivity contribution < 1.29 is 13.2 Å². The summed E-state index contributed by atoms with van der Waals surface area (Å²) in [5.41, 5.74) is 2.73. The summed E-state index contributed by atoms with van der Waals surface area (Å²) < 4.78 is 28.1. The number of aryl methyl sites for hydroxylation is 1. The number of hydrogen-bond donors (Lipinski definition) is 0. The molecule has 0 N–H and O–H groups in total. The molecule has 0 fully saturated rings. The fourth-order valence-corrected chi connectivity index (χ4v) is 3.90. The van der Waals surface area contributed by atoms with Crippen LogP contribution in [0.1, 0.15) is 10.6 Å². The van der Waals surface area contributed by atoms with Gasteiger partial charge in [0, 0.05) is 22.0 Å². The number of thiazole rings is 1. The van der Waals surface area contributed by atoms with Gasteiger partial charge in [0.25, 0.3) is 9.05 Å². The molecule has 1 aromatic heterocycles. The van der Waals surface area contributed by atoms with Crippen molar-refractivity contribution in [3.63, 3.8) is 0 Å². The molecule has 2 rings (SSSR count). The molecule has 0 amide bonds. The lowest BCUT2D eigenvalue weighted by atomic mass is 10.3. The average Bonchev–Trinajstić information content (AvgIpc) is 2.77. The minimum atomic E-state index is -3.88. The summed E-state index contributed by atoms with van der Waals surface area (Å²) in [6, 6.07) is 2.42. The molecule has 0 radical (unpaired) electrons. The summed E-state index contributed by atoms with van der Waals surface area (Å²) in [7, 11) is 1.37. The molecule has 0 aliphatic carbocycles. The van der Waals surface area contributed by atoms with Gasteiger partial charge in [0.2, 0.25) is 0 Å². The summed E-state index contributed by atoms with van der Waals surface area (Å²) in [5.74, 6) is 0.240. The molecule has 0 unspecified atom stereocenters. The molecule has 1 heterocycles. The van der Waals surface area contributed by atoms with Crippen molar-refractivity contribution in [2.75, 3.05) is 6.61 Å². The standard InChI is InChI=1S/C12H10Cl3NO3S2/c1-7-11(20-6-16-7)2-3-19-12-9(13)4-8(5-10(12)14)21(15,17)18/h4-6H,2-3H2,1H3. The molecule has 21 heavy (non-hydrogen) atoms. The lowest BCUT2D eigenvalue weighted by Gasteiger charge is -2.10. The van der Waals surface area contributed by atoms with Gasteiger partial charge in [-0.15, -0.1) is 11.3 Å². The van der Waals surface area contributed by atoms with Crippen LogP contribution in [0.5, 0.6) is 5.75 Å². The van der Waals surface area contributed by atoms with E-state index in [0.29, 0.717) is 13.0 Å². The van der Waals surface area contributed by atoms with Gasteiger partial charge in [0.1, 0.15) is 0 Å². The van der Waals surface area contributed by atoms with E-state index in [0.717, 1.165) is 10.6 Å². The van der Waals surface area contributed by atoms with Crippen molar-refractivity contribution in [3.8, 4) is 5.75 Å². The molecule has 0 saturated heterocycles. The van der Waals surface area contributed by atoms with Crippen LogP contribution in [0.2, 0.25) is 10.0 Å². The van der Waals surface area contributed by atoms with E-state index in [1.165, 1.54) is 12.1 Å². The molecule has 0 aliphatic rings. The van der Waals surface area contributed by atoms with E-state index < -0.39 is 9.05 Å². The number of rotatable bonds is 5. The quantitative estimate of drug-likeness (QED) is 0.719. The first kappa shape index (κ1) is 16.8. The van der Waals surface area contributed by atoms with Crippen LogP contribution in [0, 0.1) is 6.92 Å². The van der Waals surface area contributed by atoms with Crippen LogP contribution in [0.15, 0.2) is 22.5 Å². The van der Waals surface area contributed by atoms with E-state index in [1.54, 1.807) is 16.8 Å². The summed E-state index contributed by atoms with van der Waals surface area (Å²) in [4.78, 5) is 5.10. The highest BCUT2D eigenvalue weighted by Gasteiger charge is 2.17. The van der Waals surface area contributed by atoms with E-state index in [-0.39, 0.29) is 20.7 Å². The number of nitrogens with zero attached hydrogens (tertiary/aromatic N) is 1. The molecule has 9 heteroatoms. The normalized spacial score (nSPS) is 11.6. The fourth-order valence-electron chi connectivity index (χ4n) is 1.63. The Morgan fingerprint density at radius 3 is 2.38 bits per heavy atom. The van der Waals surface area contributed by atoms with Crippen LogP contribution >= 0.6 is 45.2 Å². The first-order chi connectivity index (χ1) is 9.79. The predicted molar refractivity (Wildman–Crippen MR) is 85.6 cm³/mol. The number of halogens is 3. The maximum Gasteiger partial charge on any atom is 0.261 e. The summed E-state index contributed by atoms with van der Waals surface area (Å²) in [6.45, 7) is 2.28. The molecule has 0 bridgehead atoms. The van der Waals surface area contributed by atoms with Gasteiger partial charge in [0.15, 0.2) is 5.75 Å². The molecule has 2 aromatic rings. The number of hydrogen-bond acceptors (Lipinski definition) is 5. The van der Waals surface area contributed by atoms with Gasteiger partial charge in [-0.2, -0.15) is 0 Å². The zero-order valence-corrected chi connectivity index (χ0v) is 14.7. The summed E-state index contributed by atoms with van der Waals surface area (Å²) in [5, 5.41) is 0.200. The predicted octanol–water partition coefficient (Wildman–Crippen LogP) is 4.31. The molecule has 0 saturated carbocycles. The van der Waals surface area contributed by atoms with Crippen molar-refractivity contribution in [1.29, 1.82) is 0 Å². The minimum absolute atomic E-state index is 0.0998. The Labute approximate surface area is 141 Å². The Hall–Kier alpha value is -0.530. The van der Waals surface area contributed by atoms with Gasteiger partial charge in [-0.25, -0.2) is 13.4 Å². The van der Waals surface area contributed by atoms with Crippen molar-refractivity contribution >= 4 is 54.3 Å². The second-order valence-corrected chi connectivity index (χ2v) is 8.43. The second-order valence-electron chi connectivity index (χ2n) is 4.11. The maximum absolute atomic E-state index is 11.3. The first-order valence-electron chi connectivity index (χ1n) is 5.74. The summed E-state index contributed by atoms with van der Waals surface area (Å²) in [6.07, 6.45) is 0.665. The largest absolute Gasteiger partial charge is 0.490 e. The van der Waals surface area contributed by atoms with Crippen molar-refractivity contribution in [2.24, 2.45) is 0 Å². The van der Waals surface area contributed by atoms with Crippen molar-refractivity contribution in [3.05, 3.63) is 38.3 Å². The second kappa shape index (κ2) is 6.71. The topological polar surface area (TPSA) is 56.3 Å². The van der Waals surface area contributed by atoms with E-state index >= 15 is 0 Å². The van der Waals surface area contributed by atoms with Gasteiger partial charge in [-0.1, -0.05) is 23.2 Å². The third-order valence-corrected chi connectivity index (χ3v) is 5.56. The van der Waals surface area contributed by atoms with Gasteiger partial charge in [0.05, 0.1) is 32.8 Å². The van der Waals surface area contributed by atoms with Crippen LogP contribution in [-0.2, 0) is 15.5 Å². The lowest BCUT2D eigenvalue weighted by molar-refractivity contribution is 0.323. The van der Waals surface area contributed by atoms with E-state index in [4.69, 9.17) is 38.6 Å². The third-order valence-electron chi connectivity index (χ3n) is 2.67. The van der Waals surface area contributed by atoms with Crippen LogP contribution in [0.3, 0.4) is 0 Å². The number of benzene rings is 1. The molecule has 0 spiro atoms. The van der Waals surface area contributed by atoms with E-state index in [9.17, 15) is 8.42 Å². The molecule has 0 atom stereocenters. The highest BCUT2D eigenvalue weighted by Crippen LogP contribution is 2.36. The molecule has 0 aliphatic heterocycles. The van der Waals surface area contributed by atoms with Crippen LogP contribution < -0.4 is 4.74 Å².